The van der Waals surface area contributed by atoms with Crippen molar-refractivity contribution >= 4 is 28.5 Å². The topological polar surface area (TPSA) is 98.4 Å². The van der Waals surface area contributed by atoms with Gasteiger partial charge in [-0.15, -0.1) is 0 Å². The van der Waals surface area contributed by atoms with Gasteiger partial charge in [0, 0.05) is 29.4 Å². The number of allylic oxidation sites excluding steroid dienone is 1. The number of carbonyl (C=O) groups is 2. The number of anilines is 1. The minimum Gasteiger partial charge on any atom is -0.458 e. The highest BCUT2D eigenvalue weighted by Crippen LogP contribution is 2.31. The summed E-state index contributed by atoms with van der Waals surface area (Å²) in [5.41, 5.74) is 5.43. The zero-order valence-corrected chi connectivity index (χ0v) is 17.9. The number of nitrogens with zero attached hydrogens (tertiary/aromatic N) is 1. The summed E-state index contributed by atoms with van der Waals surface area (Å²) in [7, 11) is 0. The van der Waals surface area contributed by atoms with Gasteiger partial charge in [0.15, 0.2) is 0 Å². The molecule has 10 heteroatoms. The number of benzene rings is 2. The van der Waals surface area contributed by atoms with Crippen LogP contribution in [0, 0.1) is 0 Å². The molecule has 4 N–H and O–H groups in total. The molecule has 0 unspecified atom stereocenters. The van der Waals surface area contributed by atoms with Crippen molar-refractivity contribution in [2.45, 2.75) is 25.1 Å². The average Bonchev–Trinajstić information content (AvgIpc) is 3.48. The predicted molar refractivity (Wildman–Crippen MR) is 121 cm³/mol. The normalized spacial score (nSPS) is 14.0. The first kappa shape index (κ1) is 23.0. The summed E-state index contributed by atoms with van der Waals surface area (Å²) in [6.07, 6.45) is 0.187. The molecule has 0 aliphatic heterocycles. The Morgan fingerprint density at radius 2 is 1.91 bits per heavy atom. The molecule has 0 spiro atoms. The van der Waals surface area contributed by atoms with Crippen LogP contribution in [0.1, 0.15) is 18.4 Å². The van der Waals surface area contributed by atoms with Gasteiger partial charge in [-0.25, -0.2) is 4.79 Å². The van der Waals surface area contributed by atoms with Gasteiger partial charge in [0.2, 0.25) is 0 Å². The Morgan fingerprint density at radius 3 is 2.62 bits per heavy atom. The molecule has 176 valence electrons. The maximum atomic E-state index is 12.9. The monoisotopic (exact) mass is 470 g/mol. The predicted octanol–water partition coefficient (Wildman–Crippen LogP) is 4.75. The van der Waals surface area contributed by atoms with Gasteiger partial charge in [-0.1, -0.05) is 12.6 Å². The van der Waals surface area contributed by atoms with Crippen LogP contribution >= 0.6 is 0 Å². The van der Waals surface area contributed by atoms with Crippen LogP contribution in [0.4, 0.5) is 23.7 Å². The van der Waals surface area contributed by atoms with Crippen LogP contribution in [-0.4, -0.2) is 22.5 Å². The minimum absolute atomic E-state index is 0.0182. The molecule has 1 saturated carbocycles. The van der Waals surface area contributed by atoms with Crippen molar-refractivity contribution in [3.63, 3.8) is 0 Å². The molecule has 0 radical (unpaired) electrons. The van der Waals surface area contributed by atoms with E-state index in [9.17, 15) is 22.8 Å². The Balaban J connectivity index is 1.45. The lowest BCUT2D eigenvalue weighted by molar-refractivity contribution is -0.137. The molecule has 3 aromatic rings. The van der Waals surface area contributed by atoms with Gasteiger partial charge in [0.05, 0.1) is 11.1 Å². The number of nitrogens with one attached hydrogen (secondary N) is 2. The number of carbonyl (C=O) groups excluding carboxylic acids is 2. The van der Waals surface area contributed by atoms with Crippen molar-refractivity contribution < 1.29 is 27.5 Å². The number of hydrogen-bond donors (Lipinski definition) is 3. The van der Waals surface area contributed by atoms with E-state index in [1.54, 1.807) is 24.3 Å². The molecule has 2 amide bonds. The molecule has 2 aromatic carbocycles. The summed E-state index contributed by atoms with van der Waals surface area (Å²) in [5.74, 6) is 0.177. The fourth-order valence-corrected chi connectivity index (χ4v) is 3.23. The van der Waals surface area contributed by atoms with Crippen molar-refractivity contribution in [2.75, 3.05) is 5.32 Å². The van der Waals surface area contributed by atoms with E-state index >= 15 is 0 Å². The highest BCUT2D eigenvalue weighted by atomic mass is 19.4. The lowest BCUT2D eigenvalue weighted by Crippen LogP contribution is -2.30. The van der Waals surface area contributed by atoms with Crippen molar-refractivity contribution in [2.24, 2.45) is 5.73 Å². The molecule has 1 fully saturated rings. The highest BCUT2D eigenvalue weighted by molar-refractivity contribution is 5.98. The van der Waals surface area contributed by atoms with E-state index < -0.39 is 17.8 Å². The van der Waals surface area contributed by atoms with E-state index in [1.165, 1.54) is 29.0 Å². The third-order valence-electron chi connectivity index (χ3n) is 5.06. The highest BCUT2D eigenvalue weighted by Gasteiger charge is 2.30. The van der Waals surface area contributed by atoms with Crippen LogP contribution in [0.3, 0.4) is 0 Å². The Labute approximate surface area is 192 Å². The van der Waals surface area contributed by atoms with E-state index in [1.807, 2.05) is 0 Å². The zero-order valence-electron chi connectivity index (χ0n) is 17.9. The van der Waals surface area contributed by atoms with E-state index in [4.69, 9.17) is 10.5 Å². The van der Waals surface area contributed by atoms with Gasteiger partial charge in [0.25, 0.3) is 5.91 Å². The summed E-state index contributed by atoms with van der Waals surface area (Å²) in [6, 6.07) is 10.5. The summed E-state index contributed by atoms with van der Waals surface area (Å²) >= 11 is 0. The van der Waals surface area contributed by atoms with Crippen molar-refractivity contribution in [3.8, 4) is 5.75 Å². The summed E-state index contributed by atoms with van der Waals surface area (Å²) in [5, 5.41) is 5.87. The number of fused-ring (bicyclic) bond motifs is 1. The maximum absolute atomic E-state index is 12.9. The van der Waals surface area contributed by atoms with Gasteiger partial charge in [0.1, 0.15) is 17.2 Å². The van der Waals surface area contributed by atoms with Crippen LogP contribution in [0.25, 0.3) is 10.9 Å². The average molecular weight is 470 g/mol. The molecular weight excluding hydrogens is 449 g/mol. The van der Waals surface area contributed by atoms with Crippen LogP contribution in [0.5, 0.6) is 5.75 Å². The van der Waals surface area contributed by atoms with Crippen LogP contribution < -0.4 is 21.1 Å². The SMILES string of the molecule is C=C(/C=C(\N)C(=O)NC1CC1)Oc1ccc2c(ccn2C(=O)Nc2cccc(C(F)(F)F)c2)c1. The molecule has 1 heterocycles. The first-order valence-corrected chi connectivity index (χ1v) is 10.3. The third-order valence-corrected chi connectivity index (χ3v) is 5.06. The molecule has 1 aliphatic carbocycles. The largest absolute Gasteiger partial charge is 0.458 e. The molecule has 0 atom stereocenters. The summed E-state index contributed by atoms with van der Waals surface area (Å²) in [6.45, 7) is 3.74. The van der Waals surface area contributed by atoms with Crippen LogP contribution in [0.15, 0.2) is 78.8 Å². The standard InChI is InChI=1S/C24H21F3N4O3/c1-14(11-20(28)22(32)29-17-5-6-17)34-19-7-8-21-15(12-19)9-10-31(21)23(33)30-18-4-2-3-16(13-18)24(25,26)27/h2-4,7-13,17H,1,5-6,28H2,(H,29,32)(H,30,33)/b20-11-. The zero-order chi connectivity index (χ0) is 24.5. The third kappa shape index (κ3) is 5.40. The number of ether oxygens (including phenoxy) is 1. The van der Waals surface area contributed by atoms with Gasteiger partial charge in [-0.05, 0) is 55.3 Å². The molecule has 0 saturated heterocycles. The van der Waals surface area contributed by atoms with E-state index in [0.717, 1.165) is 25.0 Å². The summed E-state index contributed by atoms with van der Waals surface area (Å²) in [4.78, 5) is 24.6. The van der Waals surface area contributed by atoms with Crippen molar-refractivity contribution in [1.82, 2.24) is 9.88 Å². The first-order chi connectivity index (χ1) is 16.1. The second-order valence-electron chi connectivity index (χ2n) is 7.83. The van der Waals surface area contributed by atoms with Crippen LogP contribution in [-0.2, 0) is 11.0 Å². The second kappa shape index (κ2) is 8.97. The molecule has 34 heavy (non-hydrogen) atoms. The van der Waals surface area contributed by atoms with Crippen LogP contribution in [0.2, 0.25) is 0 Å². The Bertz CT molecular complexity index is 1310. The van der Waals surface area contributed by atoms with Crippen molar-refractivity contribution in [3.05, 3.63) is 84.4 Å². The number of halogens is 3. The number of rotatable bonds is 6. The Kier molecular flexibility index (Phi) is 6.06. The number of hydrogen-bond acceptors (Lipinski definition) is 4. The molecule has 0 bridgehead atoms. The minimum atomic E-state index is -4.51. The van der Waals surface area contributed by atoms with Gasteiger partial charge >= 0.3 is 12.2 Å². The lowest BCUT2D eigenvalue weighted by Gasteiger charge is -2.11. The lowest BCUT2D eigenvalue weighted by atomic mass is 10.2. The smallest absolute Gasteiger partial charge is 0.416 e. The Morgan fingerprint density at radius 1 is 1.15 bits per heavy atom. The fraction of sp³-hybridized carbons (Fsp3) is 0.167. The number of nitrogens with two attached hydrogens (primary N) is 1. The van der Waals surface area contributed by atoms with Gasteiger partial charge in [-0.2, -0.15) is 13.2 Å². The van der Waals surface area contributed by atoms with E-state index in [-0.39, 0.29) is 29.1 Å². The molecule has 1 aliphatic rings. The van der Waals surface area contributed by atoms with Gasteiger partial charge in [-0.3, -0.25) is 9.36 Å². The van der Waals surface area contributed by atoms with E-state index in [2.05, 4.69) is 17.2 Å². The summed E-state index contributed by atoms with van der Waals surface area (Å²) < 4.78 is 45.6. The fourth-order valence-electron chi connectivity index (χ4n) is 3.23. The maximum Gasteiger partial charge on any atom is 0.416 e. The quantitative estimate of drug-likeness (QED) is 0.275. The second-order valence-corrected chi connectivity index (χ2v) is 7.83. The Hall–Kier alpha value is -4.21. The van der Waals surface area contributed by atoms with Gasteiger partial charge < -0.3 is 21.1 Å². The first-order valence-electron chi connectivity index (χ1n) is 10.3. The molecule has 1 aromatic heterocycles. The number of alkyl halides is 3. The molecule has 7 nitrogen and oxygen atoms in total. The van der Waals surface area contributed by atoms with E-state index in [0.29, 0.717) is 16.7 Å². The number of amides is 2. The molecule has 4 rings (SSSR count). The number of aromatic nitrogens is 1. The van der Waals surface area contributed by atoms with Crippen molar-refractivity contribution in [1.29, 1.82) is 0 Å². The molecular formula is C24H21F3N4O3.